The van der Waals surface area contributed by atoms with E-state index in [0.29, 0.717) is 33.3 Å². The predicted octanol–water partition coefficient (Wildman–Crippen LogP) is 5.55. The fraction of sp³-hybridized carbons (Fsp3) is 0.100. The van der Waals surface area contributed by atoms with E-state index in [1.54, 1.807) is 50.2 Å². The molecule has 3 rings (SSSR count). The summed E-state index contributed by atoms with van der Waals surface area (Å²) >= 11 is 6.05. The maximum Gasteiger partial charge on any atom is 0.262 e. The van der Waals surface area contributed by atoms with Crippen LogP contribution in [0.25, 0.3) is 0 Å². The van der Waals surface area contributed by atoms with Crippen molar-refractivity contribution < 1.29 is 13.2 Å². The van der Waals surface area contributed by atoms with E-state index in [-0.39, 0.29) is 4.90 Å². The number of para-hydroxylation sites is 1. The quantitative estimate of drug-likeness (QED) is 0.624. The molecule has 4 nitrogen and oxygen atoms in total. The summed E-state index contributed by atoms with van der Waals surface area (Å²) in [6.07, 6.45) is 0. The minimum Gasteiger partial charge on any atom is -0.457 e. The summed E-state index contributed by atoms with van der Waals surface area (Å²) in [4.78, 5) is 0.212. The third-order valence-electron chi connectivity index (χ3n) is 3.83. The van der Waals surface area contributed by atoms with Gasteiger partial charge in [0, 0.05) is 10.7 Å². The fourth-order valence-electron chi connectivity index (χ4n) is 2.47. The largest absolute Gasteiger partial charge is 0.457 e. The van der Waals surface area contributed by atoms with Crippen molar-refractivity contribution in [3.05, 3.63) is 82.9 Å². The number of anilines is 1. The Hall–Kier alpha value is -2.50. The molecule has 6 heteroatoms. The standard InChI is InChI=1S/C20H18ClNO3S/c1-14-13-20(15(2)12-19(14)21)26(23,24)22-16-8-10-18(11-9-16)25-17-6-4-3-5-7-17/h3-13,22H,1-2H3. The number of hydrogen-bond donors (Lipinski definition) is 1. The molecule has 0 aliphatic carbocycles. The van der Waals surface area contributed by atoms with Gasteiger partial charge in [-0.15, -0.1) is 0 Å². The summed E-state index contributed by atoms with van der Waals surface area (Å²) in [7, 11) is -3.70. The van der Waals surface area contributed by atoms with Gasteiger partial charge in [0.25, 0.3) is 10.0 Å². The van der Waals surface area contributed by atoms with E-state index in [0.717, 1.165) is 0 Å². The molecule has 3 aromatic rings. The molecule has 0 unspecified atom stereocenters. The molecule has 0 aliphatic heterocycles. The molecule has 1 N–H and O–H groups in total. The topological polar surface area (TPSA) is 55.4 Å². The zero-order valence-electron chi connectivity index (χ0n) is 14.4. The molecule has 134 valence electrons. The van der Waals surface area contributed by atoms with Gasteiger partial charge in [0.05, 0.1) is 4.90 Å². The van der Waals surface area contributed by atoms with Crippen molar-refractivity contribution in [2.45, 2.75) is 18.7 Å². The van der Waals surface area contributed by atoms with Gasteiger partial charge in [0.1, 0.15) is 11.5 Å². The minimum absolute atomic E-state index is 0.212. The van der Waals surface area contributed by atoms with Crippen LogP contribution in [-0.2, 0) is 10.0 Å². The van der Waals surface area contributed by atoms with Crippen LogP contribution in [0.4, 0.5) is 5.69 Å². The molecule has 0 saturated carbocycles. The predicted molar refractivity (Wildman–Crippen MR) is 105 cm³/mol. The molecule has 0 aliphatic rings. The van der Waals surface area contributed by atoms with Crippen molar-refractivity contribution >= 4 is 27.3 Å². The smallest absolute Gasteiger partial charge is 0.262 e. The van der Waals surface area contributed by atoms with E-state index >= 15 is 0 Å². The zero-order valence-corrected chi connectivity index (χ0v) is 15.9. The highest BCUT2D eigenvalue weighted by atomic mass is 35.5. The van der Waals surface area contributed by atoms with Crippen LogP contribution >= 0.6 is 11.6 Å². The Morgan fingerprint density at radius 2 is 1.46 bits per heavy atom. The second-order valence-electron chi connectivity index (χ2n) is 5.91. The van der Waals surface area contributed by atoms with Crippen LogP contribution < -0.4 is 9.46 Å². The number of benzene rings is 3. The summed E-state index contributed by atoms with van der Waals surface area (Å²) in [5.74, 6) is 1.34. The van der Waals surface area contributed by atoms with Crippen molar-refractivity contribution in [1.29, 1.82) is 0 Å². The SMILES string of the molecule is Cc1cc(S(=O)(=O)Nc2ccc(Oc3ccccc3)cc2)c(C)cc1Cl. The molecule has 0 bridgehead atoms. The van der Waals surface area contributed by atoms with Crippen LogP contribution in [0.15, 0.2) is 71.6 Å². The molecule has 0 spiro atoms. The van der Waals surface area contributed by atoms with Crippen molar-refractivity contribution in [2.24, 2.45) is 0 Å². The summed E-state index contributed by atoms with van der Waals surface area (Å²) < 4.78 is 33.6. The van der Waals surface area contributed by atoms with Gasteiger partial charge in [-0.25, -0.2) is 8.42 Å². The fourth-order valence-corrected chi connectivity index (χ4v) is 4.06. The lowest BCUT2D eigenvalue weighted by atomic mass is 10.2. The normalized spacial score (nSPS) is 11.2. The molecular formula is C20H18ClNO3S. The highest BCUT2D eigenvalue weighted by Crippen LogP contribution is 2.27. The van der Waals surface area contributed by atoms with Gasteiger partial charge in [-0.2, -0.15) is 0 Å². The summed E-state index contributed by atoms with van der Waals surface area (Å²) in [6.45, 7) is 3.49. The van der Waals surface area contributed by atoms with E-state index in [1.165, 1.54) is 0 Å². The van der Waals surface area contributed by atoms with Crippen LogP contribution in [0.3, 0.4) is 0 Å². The van der Waals surface area contributed by atoms with Crippen LogP contribution in [0.5, 0.6) is 11.5 Å². The molecule has 3 aromatic carbocycles. The lowest BCUT2D eigenvalue weighted by Gasteiger charge is -2.12. The maximum atomic E-state index is 12.7. The molecule has 26 heavy (non-hydrogen) atoms. The molecule has 0 fully saturated rings. The van der Waals surface area contributed by atoms with Crippen LogP contribution in [0.1, 0.15) is 11.1 Å². The zero-order chi connectivity index (χ0) is 18.7. The highest BCUT2D eigenvalue weighted by Gasteiger charge is 2.18. The van der Waals surface area contributed by atoms with E-state index in [1.807, 2.05) is 30.3 Å². The number of aryl methyl sites for hydroxylation is 2. The average molecular weight is 388 g/mol. The number of ether oxygens (including phenoxy) is 1. The number of sulfonamides is 1. The van der Waals surface area contributed by atoms with Crippen molar-refractivity contribution in [3.8, 4) is 11.5 Å². The third-order valence-corrected chi connectivity index (χ3v) is 5.76. The first-order valence-corrected chi connectivity index (χ1v) is 9.84. The molecule has 0 aromatic heterocycles. The number of rotatable bonds is 5. The van der Waals surface area contributed by atoms with Gasteiger partial charge in [-0.05, 0) is 73.5 Å². The molecule has 0 atom stereocenters. The Morgan fingerprint density at radius 3 is 2.12 bits per heavy atom. The number of hydrogen-bond acceptors (Lipinski definition) is 3. The molecule has 0 radical (unpaired) electrons. The first-order valence-electron chi connectivity index (χ1n) is 7.98. The summed E-state index contributed by atoms with van der Waals surface area (Å²) in [5.41, 5.74) is 1.76. The number of nitrogens with one attached hydrogen (secondary N) is 1. The van der Waals surface area contributed by atoms with Gasteiger partial charge in [0.15, 0.2) is 0 Å². The average Bonchev–Trinajstić information content (AvgIpc) is 2.60. The van der Waals surface area contributed by atoms with Crippen molar-refractivity contribution in [2.75, 3.05) is 4.72 Å². The number of halogens is 1. The Bertz CT molecular complexity index is 1020. The summed E-state index contributed by atoms with van der Waals surface area (Å²) in [6, 6.07) is 19.4. The summed E-state index contributed by atoms with van der Waals surface area (Å²) in [5, 5.41) is 0.545. The first-order chi connectivity index (χ1) is 12.3. The second kappa shape index (κ2) is 7.40. The van der Waals surface area contributed by atoms with Gasteiger partial charge < -0.3 is 4.74 Å². The monoisotopic (exact) mass is 387 g/mol. The first kappa shape index (κ1) is 18.3. The van der Waals surface area contributed by atoms with Crippen molar-refractivity contribution in [3.63, 3.8) is 0 Å². The van der Waals surface area contributed by atoms with Crippen LogP contribution in [-0.4, -0.2) is 8.42 Å². The van der Waals surface area contributed by atoms with Crippen molar-refractivity contribution in [1.82, 2.24) is 0 Å². The Balaban J connectivity index is 1.79. The maximum absolute atomic E-state index is 12.7. The van der Waals surface area contributed by atoms with Gasteiger partial charge in [0.2, 0.25) is 0 Å². The van der Waals surface area contributed by atoms with E-state index in [9.17, 15) is 8.42 Å². The molecule has 0 saturated heterocycles. The second-order valence-corrected chi connectivity index (χ2v) is 7.97. The van der Waals surface area contributed by atoms with E-state index < -0.39 is 10.0 Å². The lowest BCUT2D eigenvalue weighted by molar-refractivity contribution is 0.483. The Morgan fingerprint density at radius 1 is 0.846 bits per heavy atom. The third kappa shape index (κ3) is 4.18. The Kier molecular flexibility index (Phi) is 5.20. The molecule has 0 heterocycles. The van der Waals surface area contributed by atoms with Crippen LogP contribution in [0, 0.1) is 13.8 Å². The molecule has 0 amide bonds. The minimum atomic E-state index is -3.70. The Labute approximate surface area is 158 Å². The highest BCUT2D eigenvalue weighted by molar-refractivity contribution is 7.92. The van der Waals surface area contributed by atoms with Gasteiger partial charge in [-0.3, -0.25) is 4.72 Å². The van der Waals surface area contributed by atoms with Crippen LogP contribution in [0.2, 0.25) is 5.02 Å². The van der Waals surface area contributed by atoms with Gasteiger partial charge >= 0.3 is 0 Å². The lowest BCUT2D eigenvalue weighted by Crippen LogP contribution is -2.14. The van der Waals surface area contributed by atoms with Gasteiger partial charge in [-0.1, -0.05) is 29.8 Å². The molecular weight excluding hydrogens is 370 g/mol. The van der Waals surface area contributed by atoms with E-state index in [4.69, 9.17) is 16.3 Å². The van der Waals surface area contributed by atoms with E-state index in [2.05, 4.69) is 4.72 Å².